The highest BCUT2D eigenvalue weighted by Crippen LogP contribution is 2.28. The lowest BCUT2D eigenvalue weighted by atomic mass is 10.0. The lowest BCUT2D eigenvalue weighted by Crippen LogP contribution is -2.33. The third-order valence-electron chi connectivity index (χ3n) is 4.68. The SMILES string of the molecule is Cc1ccc(C(C)C)c(OCC(=O)N(C)[C@@H](C)c2cccc([N+](=O)[O-])c2)c1. The molecule has 144 valence electrons. The van der Waals surface area contributed by atoms with E-state index in [1.807, 2.05) is 32.0 Å². The third-order valence-corrected chi connectivity index (χ3v) is 4.68. The van der Waals surface area contributed by atoms with Gasteiger partial charge in [-0.1, -0.05) is 38.1 Å². The summed E-state index contributed by atoms with van der Waals surface area (Å²) in [5.74, 6) is 0.817. The van der Waals surface area contributed by atoms with E-state index in [2.05, 4.69) is 13.8 Å². The molecule has 0 N–H and O–H groups in total. The summed E-state index contributed by atoms with van der Waals surface area (Å²) in [5, 5.41) is 11.0. The van der Waals surface area contributed by atoms with Crippen molar-refractivity contribution in [1.29, 1.82) is 0 Å². The Balaban J connectivity index is 2.09. The molecule has 0 heterocycles. The van der Waals surface area contributed by atoms with Crippen molar-refractivity contribution < 1.29 is 14.5 Å². The van der Waals surface area contributed by atoms with E-state index in [1.54, 1.807) is 24.1 Å². The van der Waals surface area contributed by atoms with Crippen LogP contribution in [0.25, 0.3) is 0 Å². The lowest BCUT2D eigenvalue weighted by Gasteiger charge is -2.25. The molecule has 1 atom stereocenters. The Kier molecular flexibility index (Phi) is 6.55. The molecule has 2 aromatic rings. The molecular formula is C21H26N2O4. The number of hydrogen-bond acceptors (Lipinski definition) is 4. The Morgan fingerprint density at radius 2 is 1.89 bits per heavy atom. The monoisotopic (exact) mass is 370 g/mol. The number of non-ortho nitro benzene ring substituents is 1. The smallest absolute Gasteiger partial charge is 0.269 e. The van der Waals surface area contributed by atoms with Crippen molar-refractivity contribution in [1.82, 2.24) is 4.90 Å². The van der Waals surface area contributed by atoms with Gasteiger partial charge in [0.15, 0.2) is 6.61 Å². The highest BCUT2D eigenvalue weighted by molar-refractivity contribution is 5.78. The van der Waals surface area contributed by atoms with E-state index >= 15 is 0 Å². The average Bonchev–Trinajstić information content (AvgIpc) is 2.64. The normalized spacial score (nSPS) is 11.9. The summed E-state index contributed by atoms with van der Waals surface area (Å²) < 4.78 is 5.81. The van der Waals surface area contributed by atoms with E-state index in [1.165, 1.54) is 12.1 Å². The predicted octanol–water partition coefficient (Wildman–Crippen LogP) is 4.63. The molecule has 0 aliphatic heterocycles. The Morgan fingerprint density at radius 3 is 2.52 bits per heavy atom. The molecule has 0 unspecified atom stereocenters. The summed E-state index contributed by atoms with van der Waals surface area (Å²) in [6, 6.07) is 12.0. The molecule has 0 aliphatic carbocycles. The number of nitro benzene ring substituents is 1. The highest BCUT2D eigenvalue weighted by atomic mass is 16.6. The van der Waals surface area contributed by atoms with Gasteiger partial charge in [-0.3, -0.25) is 14.9 Å². The van der Waals surface area contributed by atoms with E-state index < -0.39 is 4.92 Å². The number of benzene rings is 2. The first-order valence-electron chi connectivity index (χ1n) is 8.94. The number of nitro groups is 1. The molecule has 6 nitrogen and oxygen atoms in total. The fourth-order valence-corrected chi connectivity index (χ4v) is 2.82. The second kappa shape index (κ2) is 8.66. The van der Waals surface area contributed by atoms with Gasteiger partial charge in [0.1, 0.15) is 5.75 Å². The van der Waals surface area contributed by atoms with E-state index in [0.29, 0.717) is 5.56 Å². The minimum atomic E-state index is -0.438. The van der Waals surface area contributed by atoms with Crippen molar-refractivity contribution in [2.75, 3.05) is 13.7 Å². The molecule has 2 aromatic carbocycles. The highest BCUT2D eigenvalue weighted by Gasteiger charge is 2.20. The van der Waals surface area contributed by atoms with Crippen molar-refractivity contribution in [3.8, 4) is 5.75 Å². The molecule has 27 heavy (non-hydrogen) atoms. The standard InChI is InChI=1S/C21H26N2O4/c1-14(2)19-10-9-15(3)11-20(19)27-13-21(24)22(5)16(4)17-7-6-8-18(12-17)23(25)26/h6-12,14,16H,13H2,1-5H3/t16-/m0/s1. The summed E-state index contributed by atoms with van der Waals surface area (Å²) in [6.07, 6.45) is 0. The van der Waals surface area contributed by atoms with Crippen molar-refractivity contribution in [3.05, 3.63) is 69.3 Å². The van der Waals surface area contributed by atoms with Crippen LogP contribution in [0.1, 0.15) is 49.4 Å². The van der Waals surface area contributed by atoms with E-state index in [4.69, 9.17) is 4.74 Å². The summed E-state index contributed by atoms with van der Waals surface area (Å²) in [7, 11) is 1.68. The molecule has 0 saturated heterocycles. The van der Waals surface area contributed by atoms with Crippen molar-refractivity contribution in [3.63, 3.8) is 0 Å². The Hall–Kier alpha value is -2.89. The van der Waals surface area contributed by atoms with Crippen LogP contribution in [0.2, 0.25) is 0 Å². The van der Waals surface area contributed by atoms with Crippen molar-refractivity contribution >= 4 is 11.6 Å². The van der Waals surface area contributed by atoms with Gasteiger partial charge in [-0.05, 0) is 42.5 Å². The number of ether oxygens (including phenoxy) is 1. The van der Waals surface area contributed by atoms with Crippen LogP contribution in [0.15, 0.2) is 42.5 Å². The van der Waals surface area contributed by atoms with Crippen LogP contribution in [0.4, 0.5) is 5.69 Å². The number of rotatable bonds is 7. The summed E-state index contributed by atoms with van der Waals surface area (Å²) in [5.41, 5.74) is 2.85. The maximum absolute atomic E-state index is 12.6. The second-order valence-electron chi connectivity index (χ2n) is 7.02. The molecule has 6 heteroatoms. The summed E-state index contributed by atoms with van der Waals surface area (Å²) in [4.78, 5) is 24.6. The second-order valence-corrected chi connectivity index (χ2v) is 7.02. The molecule has 0 aliphatic rings. The number of aryl methyl sites for hydroxylation is 1. The molecule has 0 bridgehead atoms. The van der Waals surface area contributed by atoms with E-state index in [-0.39, 0.29) is 30.2 Å². The minimum Gasteiger partial charge on any atom is -0.483 e. The van der Waals surface area contributed by atoms with Crippen LogP contribution in [0, 0.1) is 17.0 Å². The maximum Gasteiger partial charge on any atom is 0.269 e. The van der Waals surface area contributed by atoms with Crippen LogP contribution >= 0.6 is 0 Å². The molecule has 2 rings (SSSR count). The first kappa shape index (κ1) is 20.4. The molecule has 0 fully saturated rings. The summed E-state index contributed by atoms with van der Waals surface area (Å²) >= 11 is 0. The number of hydrogen-bond donors (Lipinski definition) is 0. The first-order chi connectivity index (χ1) is 12.7. The van der Waals surface area contributed by atoms with Crippen LogP contribution in [0.3, 0.4) is 0 Å². The number of amides is 1. The number of nitrogens with zero attached hydrogens (tertiary/aromatic N) is 2. The van der Waals surface area contributed by atoms with Gasteiger partial charge in [-0.2, -0.15) is 0 Å². The zero-order valence-corrected chi connectivity index (χ0v) is 16.4. The number of carbonyl (C=O) groups is 1. The first-order valence-corrected chi connectivity index (χ1v) is 8.94. The zero-order valence-electron chi connectivity index (χ0n) is 16.4. The maximum atomic E-state index is 12.6. The average molecular weight is 370 g/mol. The molecule has 0 radical (unpaired) electrons. The van der Waals surface area contributed by atoms with Crippen LogP contribution < -0.4 is 4.74 Å². The Bertz CT molecular complexity index is 833. The van der Waals surface area contributed by atoms with E-state index in [0.717, 1.165) is 16.9 Å². The van der Waals surface area contributed by atoms with Crippen LogP contribution in [-0.2, 0) is 4.79 Å². The quantitative estimate of drug-likeness (QED) is 0.526. The molecular weight excluding hydrogens is 344 g/mol. The Morgan fingerprint density at radius 1 is 1.19 bits per heavy atom. The van der Waals surface area contributed by atoms with Crippen LogP contribution in [0.5, 0.6) is 5.75 Å². The van der Waals surface area contributed by atoms with Gasteiger partial charge in [0, 0.05) is 19.2 Å². The third kappa shape index (κ3) is 5.06. The van der Waals surface area contributed by atoms with Crippen molar-refractivity contribution in [2.24, 2.45) is 0 Å². The van der Waals surface area contributed by atoms with Crippen molar-refractivity contribution in [2.45, 2.75) is 39.7 Å². The molecule has 0 aromatic heterocycles. The number of likely N-dealkylation sites (N-methyl/N-ethyl adjacent to an activating group) is 1. The Labute approximate surface area is 159 Å². The number of carbonyl (C=O) groups excluding carboxylic acids is 1. The fraction of sp³-hybridized carbons (Fsp3) is 0.381. The van der Waals surface area contributed by atoms with E-state index in [9.17, 15) is 14.9 Å². The topological polar surface area (TPSA) is 72.7 Å². The van der Waals surface area contributed by atoms with Gasteiger partial charge in [0.2, 0.25) is 0 Å². The van der Waals surface area contributed by atoms with Crippen LogP contribution in [-0.4, -0.2) is 29.4 Å². The fourth-order valence-electron chi connectivity index (χ4n) is 2.82. The minimum absolute atomic E-state index is 0.0118. The van der Waals surface area contributed by atoms with Gasteiger partial charge >= 0.3 is 0 Å². The predicted molar refractivity (Wildman–Crippen MR) is 105 cm³/mol. The van der Waals surface area contributed by atoms with Gasteiger partial charge in [0.05, 0.1) is 11.0 Å². The summed E-state index contributed by atoms with van der Waals surface area (Å²) in [6.45, 7) is 7.89. The molecule has 0 saturated carbocycles. The van der Waals surface area contributed by atoms with Gasteiger partial charge in [-0.25, -0.2) is 0 Å². The largest absolute Gasteiger partial charge is 0.483 e. The lowest BCUT2D eigenvalue weighted by molar-refractivity contribution is -0.384. The zero-order chi connectivity index (χ0) is 20.1. The van der Waals surface area contributed by atoms with Gasteiger partial charge < -0.3 is 9.64 Å². The van der Waals surface area contributed by atoms with Gasteiger partial charge in [0.25, 0.3) is 11.6 Å². The molecule has 1 amide bonds. The van der Waals surface area contributed by atoms with Gasteiger partial charge in [-0.15, -0.1) is 0 Å². The molecule has 0 spiro atoms.